The lowest BCUT2D eigenvalue weighted by Crippen LogP contribution is -2.33. The van der Waals surface area contributed by atoms with Gasteiger partial charge in [0.25, 0.3) is 0 Å². The zero-order chi connectivity index (χ0) is 18.1. The lowest BCUT2D eigenvalue weighted by Gasteiger charge is -2.27. The first-order valence-corrected chi connectivity index (χ1v) is 8.49. The van der Waals surface area contributed by atoms with Crippen molar-refractivity contribution < 1.29 is 9.90 Å². The highest BCUT2D eigenvalue weighted by atomic mass is 16.4. The molecule has 0 saturated carbocycles. The fourth-order valence-corrected chi connectivity index (χ4v) is 3.22. The van der Waals surface area contributed by atoms with E-state index in [9.17, 15) is 4.79 Å². The van der Waals surface area contributed by atoms with Crippen LogP contribution in [0.3, 0.4) is 0 Å². The number of hydrogen-bond donors (Lipinski definition) is 1. The monoisotopic (exact) mass is 349 g/mol. The number of aryl methyl sites for hydroxylation is 1. The Bertz CT molecular complexity index is 949. The van der Waals surface area contributed by atoms with Crippen LogP contribution < -0.4 is 0 Å². The van der Waals surface area contributed by atoms with E-state index in [0.29, 0.717) is 13.1 Å². The third-order valence-corrected chi connectivity index (χ3v) is 4.59. The molecule has 0 saturated heterocycles. The van der Waals surface area contributed by atoms with Gasteiger partial charge in [0.2, 0.25) is 0 Å². The number of carboxylic acid groups (broad SMARTS) is 1. The molecule has 1 N–H and O–H groups in total. The van der Waals surface area contributed by atoms with Crippen LogP contribution in [-0.2, 0) is 19.6 Å². The summed E-state index contributed by atoms with van der Waals surface area (Å²) in [7, 11) is 0. The third-order valence-electron chi connectivity index (χ3n) is 4.59. The molecule has 132 valence electrons. The zero-order valence-corrected chi connectivity index (χ0v) is 14.5. The van der Waals surface area contributed by atoms with Gasteiger partial charge in [0.1, 0.15) is 0 Å². The molecule has 1 aliphatic heterocycles. The fraction of sp³-hybridized carbons (Fsp3) is 0.263. The molecule has 3 heterocycles. The van der Waals surface area contributed by atoms with Crippen LogP contribution in [0, 0.1) is 6.92 Å². The first-order chi connectivity index (χ1) is 12.6. The molecule has 0 radical (unpaired) electrons. The maximum Gasteiger partial charge on any atom is 0.356 e. The highest BCUT2D eigenvalue weighted by Gasteiger charge is 2.20. The summed E-state index contributed by atoms with van der Waals surface area (Å²) < 4.78 is 1.78. The molecule has 0 spiro atoms. The Hall–Kier alpha value is -3.06. The Morgan fingerprint density at radius 2 is 1.96 bits per heavy atom. The lowest BCUT2D eigenvalue weighted by atomic mass is 10.1. The highest BCUT2D eigenvalue weighted by molar-refractivity contribution is 5.85. The molecular formula is C19H19N5O2. The third kappa shape index (κ3) is 3.21. The summed E-state index contributed by atoms with van der Waals surface area (Å²) >= 11 is 0. The van der Waals surface area contributed by atoms with Crippen LogP contribution in [0.25, 0.3) is 11.4 Å². The van der Waals surface area contributed by atoms with Crippen LogP contribution in [0.1, 0.15) is 27.3 Å². The number of hydrogen-bond acceptors (Lipinski definition) is 5. The maximum absolute atomic E-state index is 11.1. The Morgan fingerprint density at radius 3 is 2.69 bits per heavy atom. The lowest BCUT2D eigenvalue weighted by molar-refractivity contribution is 0.0689. The van der Waals surface area contributed by atoms with Crippen molar-refractivity contribution in [2.45, 2.75) is 26.6 Å². The molecule has 7 heteroatoms. The number of benzene rings is 1. The van der Waals surface area contributed by atoms with Gasteiger partial charge < -0.3 is 5.11 Å². The summed E-state index contributed by atoms with van der Waals surface area (Å²) in [6, 6.07) is 9.71. The zero-order valence-electron chi connectivity index (χ0n) is 14.5. The van der Waals surface area contributed by atoms with Gasteiger partial charge in [-0.25, -0.2) is 14.8 Å². The summed E-state index contributed by atoms with van der Waals surface area (Å²) in [5, 5.41) is 13.2. The van der Waals surface area contributed by atoms with Crippen LogP contribution in [0.5, 0.6) is 0 Å². The van der Waals surface area contributed by atoms with Crippen molar-refractivity contribution in [3.8, 4) is 11.4 Å². The Kier molecular flexibility index (Phi) is 4.22. The maximum atomic E-state index is 11.1. The SMILES string of the molecule is Cc1ccccc1-c1ncc(CN2CCn3nc(C(=O)O)cc3C2)cn1. The number of fused-ring (bicyclic) bond motifs is 1. The van der Waals surface area contributed by atoms with Gasteiger partial charge in [0.15, 0.2) is 11.5 Å². The second-order valence-corrected chi connectivity index (χ2v) is 6.49. The van der Waals surface area contributed by atoms with Crippen LogP contribution in [-0.4, -0.2) is 42.3 Å². The molecule has 2 aromatic heterocycles. The van der Waals surface area contributed by atoms with Crippen LogP contribution in [0.15, 0.2) is 42.7 Å². The van der Waals surface area contributed by atoms with Gasteiger partial charge in [-0.15, -0.1) is 0 Å². The van der Waals surface area contributed by atoms with Crippen molar-refractivity contribution in [3.63, 3.8) is 0 Å². The van der Waals surface area contributed by atoms with Gasteiger partial charge in [0, 0.05) is 43.2 Å². The first-order valence-electron chi connectivity index (χ1n) is 8.49. The largest absolute Gasteiger partial charge is 0.476 e. The molecular weight excluding hydrogens is 330 g/mol. The first kappa shape index (κ1) is 16.4. The van der Waals surface area contributed by atoms with E-state index in [1.165, 1.54) is 0 Å². The van der Waals surface area contributed by atoms with Gasteiger partial charge >= 0.3 is 5.97 Å². The molecule has 0 amide bonds. The molecule has 0 atom stereocenters. The topological polar surface area (TPSA) is 84.1 Å². The van der Waals surface area contributed by atoms with E-state index in [0.717, 1.165) is 41.3 Å². The van der Waals surface area contributed by atoms with Crippen molar-refractivity contribution in [1.29, 1.82) is 0 Å². The van der Waals surface area contributed by atoms with Crippen molar-refractivity contribution in [2.24, 2.45) is 0 Å². The van der Waals surface area contributed by atoms with Crippen molar-refractivity contribution >= 4 is 5.97 Å². The molecule has 0 aliphatic carbocycles. The predicted octanol–water partition coefficient (Wildman–Crippen LogP) is 2.36. The van der Waals surface area contributed by atoms with Crippen LogP contribution >= 0.6 is 0 Å². The smallest absolute Gasteiger partial charge is 0.356 e. The summed E-state index contributed by atoms with van der Waals surface area (Å²) in [6.07, 6.45) is 3.73. The minimum absolute atomic E-state index is 0.104. The summed E-state index contributed by atoms with van der Waals surface area (Å²) in [6.45, 7) is 4.94. The molecule has 26 heavy (non-hydrogen) atoms. The van der Waals surface area contributed by atoms with Crippen molar-refractivity contribution in [3.05, 3.63) is 65.2 Å². The second kappa shape index (κ2) is 6.68. The Morgan fingerprint density at radius 1 is 1.19 bits per heavy atom. The summed E-state index contributed by atoms with van der Waals surface area (Å²) in [4.78, 5) is 22.3. The Balaban J connectivity index is 1.46. The molecule has 1 aliphatic rings. The normalized spacial score (nSPS) is 14.2. The number of aromatic carboxylic acids is 1. The minimum Gasteiger partial charge on any atom is -0.476 e. The number of rotatable bonds is 4. The average Bonchev–Trinajstić information content (AvgIpc) is 3.07. The van der Waals surface area contributed by atoms with Gasteiger partial charge in [-0.3, -0.25) is 9.58 Å². The van der Waals surface area contributed by atoms with Gasteiger partial charge in [0.05, 0.1) is 12.2 Å². The fourth-order valence-electron chi connectivity index (χ4n) is 3.22. The minimum atomic E-state index is -0.987. The molecule has 0 fully saturated rings. The molecule has 0 bridgehead atoms. The van der Waals surface area contributed by atoms with E-state index in [1.54, 1.807) is 10.7 Å². The second-order valence-electron chi connectivity index (χ2n) is 6.49. The number of nitrogens with zero attached hydrogens (tertiary/aromatic N) is 5. The highest BCUT2D eigenvalue weighted by Crippen LogP contribution is 2.20. The molecule has 7 nitrogen and oxygen atoms in total. The van der Waals surface area contributed by atoms with E-state index >= 15 is 0 Å². The Labute approximate surface area is 150 Å². The van der Waals surface area contributed by atoms with E-state index < -0.39 is 5.97 Å². The molecule has 1 aromatic carbocycles. The van der Waals surface area contributed by atoms with E-state index in [1.807, 2.05) is 30.6 Å². The van der Waals surface area contributed by atoms with Crippen molar-refractivity contribution in [2.75, 3.05) is 6.54 Å². The molecule has 3 aromatic rings. The number of carboxylic acids is 1. The van der Waals surface area contributed by atoms with E-state index in [4.69, 9.17) is 5.11 Å². The summed E-state index contributed by atoms with van der Waals surface area (Å²) in [5.41, 5.74) is 4.26. The summed E-state index contributed by atoms with van der Waals surface area (Å²) in [5.74, 6) is -0.256. The van der Waals surface area contributed by atoms with Gasteiger partial charge in [-0.05, 0) is 18.6 Å². The van der Waals surface area contributed by atoms with Gasteiger partial charge in [-0.2, -0.15) is 5.10 Å². The standard InChI is InChI=1S/C19H19N5O2/c1-13-4-2-3-5-16(13)18-20-9-14(10-21-18)11-23-6-7-24-15(12-23)8-17(22-24)19(25)26/h2-5,8-10H,6-7,11-12H2,1H3,(H,25,26). The average molecular weight is 349 g/mol. The van der Waals surface area contributed by atoms with Gasteiger partial charge in [-0.1, -0.05) is 24.3 Å². The predicted molar refractivity (Wildman–Crippen MR) is 95.5 cm³/mol. The van der Waals surface area contributed by atoms with Crippen LogP contribution in [0.2, 0.25) is 0 Å². The number of carbonyl (C=O) groups is 1. The van der Waals surface area contributed by atoms with Crippen molar-refractivity contribution in [1.82, 2.24) is 24.6 Å². The number of aromatic nitrogens is 4. The molecule has 0 unspecified atom stereocenters. The quantitative estimate of drug-likeness (QED) is 0.778. The van der Waals surface area contributed by atoms with E-state index in [2.05, 4.69) is 33.0 Å². The van der Waals surface area contributed by atoms with Crippen LogP contribution in [0.4, 0.5) is 0 Å². The molecule has 4 rings (SSSR count). The van der Waals surface area contributed by atoms with E-state index in [-0.39, 0.29) is 5.69 Å².